The normalized spacial score (nSPS) is 14.9. The van der Waals surface area contributed by atoms with Crippen molar-refractivity contribution in [2.75, 3.05) is 13.1 Å². The highest BCUT2D eigenvalue weighted by atomic mass is 16.3. The largest absolute Gasteiger partial charge is 0.392 e. The van der Waals surface area contributed by atoms with Crippen LogP contribution in [0.2, 0.25) is 0 Å². The highest BCUT2D eigenvalue weighted by Gasteiger charge is 2.06. The standard InChI is InChI=1S/C11H21N3O2/c1-2-4-10(15)7-12-8-11(16)9-14-6-3-5-13-14/h3,5-6,10-12,15-16H,2,4,7-9H2,1H3. The zero-order chi connectivity index (χ0) is 11.8. The Morgan fingerprint density at radius 3 is 2.69 bits per heavy atom. The molecule has 2 unspecified atom stereocenters. The molecule has 1 aromatic rings. The van der Waals surface area contributed by atoms with Crippen molar-refractivity contribution in [1.82, 2.24) is 15.1 Å². The summed E-state index contributed by atoms with van der Waals surface area (Å²) < 4.78 is 1.69. The molecule has 0 bridgehead atoms. The van der Waals surface area contributed by atoms with Crippen LogP contribution in [0.4, 0.5) is 0 Å². The summed E-state index contributed by atoms with van der Waals surface area (Å²) in [5, 5.41) is 26.2. The number of hydrogen-bond donors (Lipinski definition) is 3. The fourth-order valence-corrected chi connectivity index (χ4v) is 1.54. The van der Waals surface area contributed by atoms with E-state index in [1.807, 2.05) is 19.2 Å². The molecule has 2 atom stereocenters. The van der Waals surface area contributed by atoms with E-state index in [0.29, 0.717) is 19.6 Å². The second kappa shape index (κ2) is 7.38. The van der Waals surface area contributed by atoms with Gasteiger partial charge in [-0.15, -0.1) is 0 Å². The molecular weight excluding hydrogens is 206 g/mol. The van der Waals surface area contributed by atoms with Gasteiger partial charge in [0.2, 0.25) is 0 Å². The van der Waals surface area contributed by atoms with Crippen LogP contribution in [0.1, 0.15) is 19.8 Å². The van der Waals surface area contributed by atoms with Crippen molar-refractivity contribution >= 4 is 0 Å². The zero-order valence-electron chi connectivity index (χ0n) is 9.71. The Bertz CT molecular complexity index is 264. The summed E-state index contributed by atoms with van der Waals surface area (Å²) in [6.07, 6.45) is 4.47. The highest BCUT2D eigenvalue weighted by Crippen LogP contribution is 1.94. The predicted octanol–water partition coefficient (Wildman–Crippen LogP) is -0.00540. The van der Waals surface area contributed by atoms with Crippen LogP contribution >= 0.6 is 0 Å². The van der Waals surface area contributed by atoms with Crippen LogP contribution in [0.25, 0.3) is 0 Å². The second-order valence-electron chi connectivity index (χ2n) is 3.98. The van der Waals surface area contributed by atoms with Crippen LogP contribution in [-0.4, -0.2) is 45.3 Å². The third-order valence-electron chi connectivity index (χ3n) is 2.34. The molecule has 0 fully saturated rings. The molecule has 0 amide bonds. The van der Waals surface area contributed by atoms with Crippen LogP contribution in [0, 0.1) is 0 Å². The molecule has 1 aromatic heterocycles. The number of rotatable bonds is 8. The lowest BCUT2D eigenvalue weighted by molar-refractivity contribution is 0.127. The minimum Gasteiger partial charge on any atom is -0.392 e. The third kappa shape index (κ3) is 5.25. The Balaban J connectivity index is 2.08. The number of nitrogens with one attached hydrogen (secondary N) is 1. The molecule has 92 valence electrons. The van der Waals surface area contributed by atoms with E-state index >= 15 is 0 Å². The van der Waals surface area contributed by atoms with Gasteiger partial charge in [0, 0.05) is 25.5 Å². The molecule has 0 radical (unpaired) electrons. The summed E-state index contributed by atoms with van der Waals surface area (Å²) in [6.45, 7) is 3.52. The Hall–Kier alpha value is -0.910. The maximum atomic E-state index is 9.66. The van der Waals surface area contributed by atoms with Crippen LogP contribution in [0.3, 0.4) is 0 Å². The van der Waals surface area contributed by atoms with Gasteiger partial charge in [-0.1, -0.05) is 13.3 Å². The molecule has 0 saturated heterocycles. The molecule has 0 spiro atoms. The molecule has 0 aromatic carbocycles. The molecule has 1 heterocycles. The first-order valence-electron chi connectivity index (χ1n) is 5.76. The summed E-state index contributed by atoms with van der Waals surface area (Å²) in [6, 6.07) is 1.82. The van der Waals surface area contributed by atoms with Crippen LogP contribution in [0.5, 0.6) is 0 Å². The zero-order valence-corrected chi connectivity index (χ0v) is 9.71. The van der Waals surface area contributed by atoms with Gasteiger partial charge >= 0.3 is 0 Å². The molecule has 5 nitrogen and oxygen atoms in total. The predicted molar refractivity (Wildman–Crippen MR) is 62.0 cm³/mol. The fraction of sp³-hybridized carbons (Fsp3) is 0.727. The van der Waals surface area contributed by atoms with E-state index in [-0.39, 0.29) is 6.10 Å². The van der Waals surface area contributed by atoms with Crippen LogP contribution in [-0.2, 0) is 6.54 Å². The van der Waals surface area contributed by atoms with Crippen LogP contribution < -0.4 is 5.32 Å². The van der Waals surface area contributed by atoms with Gasteiger partial charge in [0.1, 0.15) is 0 Å². The SMILES string of the molecule is CCCC(O)CNCC(O)Cn1cccn1. The maximum Gasteiger partial charge on any atom is 0.0860 e. The van der Waals surface area contributed by atoms with Crippen molar-refractivity contribution in [3.8, 4) is 0 Å². The number of aromatic nitrogens is 2. The van der Waals surface area contributed by atoms with Crippen molar-refractivity contribution in [1.29, 1.82) is 0 Å². The summed E-state index contributed by atoms with van der Waals surface area (Å²) >= 11 is 0. The summed E-state index contributed by atoms with van der Waals surface area (Å²) in [5.41, 5.74) is 0. The monoisotopic (exact) mass is 227 g/mol. The van der Waals surface area contributed by atoms with E-state index in [2.05, 4.69) is 10.4 Å². The molecule has 0 aliphatic rings. The second-order valence-corrected chi connectivity index (χ2v) is 3.98. The van der Waals surface area contributed by atoms with Crippen molar-refractivity contribution in [3.05, 3.63) is 18.5 Å². The summed E-state index contributed by atoms with van der Waals surface area (Å²) in [5.74, 6) is 0. The van der Waals surface area contributed by atoms with Gasteiger partial charge in [-0.2, -0.15) is 5.10 Å². The molecule has 0 saturated carbocycles. The molecule has 0 aliphatic carbocycles. The minimum absolute atomic E-state index is 0.318. The minimum atomic E-state index is -0.478. The number of hydrogen-bond acceptors (Lipinski definition) is 4. The van der Waals surface area contributed by atoms with Crippen molar-refractivity contribution in [2.45, 2.75) is 38.5 Å². The molecule has 0 aliphatic heterocycles. The van der Waals surface area contributed by atoms with Crippen molar-refractivity contribution in [2.24, 2.45) is 0 Å². The summed E-state index contributed by atoms with van der Waals surface area (Å²) in [4.78, 5) is 0. The van der Waals surface area contributed by atoms with Gasteiger partial charge in [-0.3, -0.25) is 4.68 Å². The van der Waals surface area contributed by atoms with E-state index in [4.69, 9.17) is 0 Å². The summed E-state index contributed by atoms with van der Waals surface area (Å²) in [7, 11) is 0. The van der Waals surface area contributed by atoms with E-state index < -0.39 is 6.10 Å². The van der Waals surface area contributed by atoms with E-state index in [0.717, 1.165) is 12.8 Å². The van der Waals surface area contributed by atoms with Gasteiger partial charge in [0.25, 0.3) is 0 Å². The van der Waals surface area contributed by atoms with Crippen LogP contribution in [0.15, 0.2) is 18.5 Å². The Kier molecular flexibility index (Phi) is 6.07. The fourth-order valence-electron chi connectivity index (χ4n) is 1.54. The maximum absolute atomic E-state index is 9.66. The number of aliphatic hydroxyl groups is 2. The first-order chi connectivity index (χ1) is 7.72. The molecule has 5 heteroatoms. The lowest BCUT2D eigenvalue weighted by atomic mass is 10.2. The Morgan fingerprint density at radius 1 is 1.31 bits per heavy atom. The van der Waals surface area contributed by atoms with Gasteiger partial charge in [0.15, 0.2) is 0 Å². The van der Waals surface area contributed by atoms with Gasteiger partial charge in [0.05, 0.1) is 18.8 Å². The smallest absolute Gasteiger partial charge is 0.0860 e. The molecule has 3 N–H and O–H groups in total. The third-order valence-corrected chi connectivity index (χ3v) is 2.34. The average Bonchev–Trinajstić information content (AvgIpc) is 2.70. The van der Waals surface area contributed by atoms with E-state index in [1.54, 1.807) is 10.9 Å². The molecule has 1 rings (SSSR count). The number of aliphatic hydroxyl groups excluding tert-OH is 2. The lowest BCUT2D eigenvalue weighted by Crippen LogP contribution is -2.35. The quantitative estimate of drug-likeness (QED) is 0.584. The average molecular weight is 227 g/mol. The number of nitrogens with zero attached hydrogens (tertiary/aromatic N) is 2. The highest BCUT2D eigenvalue weighted by molar-refractivity contribution is 4.78. The van der Waals surface area contributed by atoms with Gasteiger partial charge in [-0.25, -0.2) is 0 Å². The first kappa shape index (κ1) is 13.2. The lowest BCUT2D eigenvalue weighted by Gasteiger charge is -2.14. The Morgan fingerprint density at radius 2 is 2.06 bits per heavy atom. The van der Waals surface area contributed by atoms with E-state index in [9.17, 15) is 10.2 Å². The Labute approximate surface area is 96.1 Å². The van der Waals surface area contributed by atoms with Gasteiger partial charge < -0.3 is 15.5 Å². The van der Waals surface area contributed by atoms with Crippen molar-refractivity contribution in [3.63, 3.8) is 0 Å². The topological polar surface area (TPSA) is 70.3 Å². The molecular formula is C11H21N3O2. The van der Waals surface area contributed by atoms with Crippen molar-refractivity contribution < 1.29 is 10.2 Å². The first-order valence-corrected chi connectivity index (χ1v) is 5.76. The molecule has 16 heavy (non-hydrogen) atoms. The van der Waals surface area contributed by atoms with E-state index in [1.165, 1.54) is 0 Å². The van der Waals surface area contributed by atoms with Gasteiger partial charge in [-0.05, 0) is 12.5 Å².